The molecule has 10 nitrogen and oxygen atoms in total. The van der Waals surface area contributed by atoms with Crippen molar-refractivity contribution in [3.05, 3.63) is 35.9 Å². The predicted molar refractivity (Wildman–Crippen MR) is 118 cm³/mol. The number of carbonyl (C=O) groups is 2. The van der Waals surface area contributed by atoms with Crippen molar-refractivity contribution in [2.75, 3.05) is 45.9 Å². The van der Waals surface area contributed by atoms with E-state index in [1.807, 2.05) is 6.07 Å². The van der Waals surface area contributed by atoms with Crippen LogP contribution >= 0.6 is 0 Å². The summed E-state index contributed by atoms with van der Waals surface area (Å²) in [7, 11) is -4.23. The van der Waals surface area contributed by atoms with E-state index in [9.17, 15) is 18.0 Å². The van der Waals surface area contributed by atoms with Crippen molar-refractivity contribution in [3.63, 3.8) is 0 Å². The number of nitrogens with one attached hydrogen (secondary N) is 1. The van der Waals surface area contributed by atoms with E-state index >= 15 is 0 Å². The van der Waals surface area contributed by atoms with Crippen LogP contribution in [0, 0.1) is 0 Å². The van der Waals surface area contributed by atoms with E-state index in [1.165, 1.54) is 0 Å². The molecule has 1 unspecified atom stereocenters. The van der Waals surface area contributed by atoms with E-state index < -0.39 is 33.9 Å². The fourth-order valence-corrected chi connectivity index (χ4v) is 5.16. The molecule has 1 atom stereocenters. The third-order valence-corrected chi connectivity index (χ3v) is 7.00. The van der Waals surface area contributed by atoms with Gasteiger partial charge in [-0.3, -0.25) is 9.69 Å². The van der Waals surface area contributed by atoms with E-state index in [0.29, 0.717) is 36.2 Å². The van der Waals surface area contributed by atoms with Crippen molar-refractivity contribution in [3.8, 4) is 0 Å². The summed E-state index contributed by atoms with van der Waals surface area (Å²) >= 11 is 0. The molecule has 0 aromatic heterocycles. The number of benzene rings is 1. The van der Waals surface area contributed by atoms with E-state index in [1.54, 1.807) is 45.0 Å². The lowest BCUT2D eigenvalue weighted by Gasteiger charge is -2.27. The zero-order chi connectivity index (χ0) is 23.4. The second kappa shape index (κ2) is 10.2. The summed E-state index contributed by atoms with van der Waals surface area (Å²) in [4.78, 5) is 27.8. The Bertz CT molecular complexity index is 897. The maximum Gasteiger partial charge on any atom is 0.425 e. The predicted octanol–water partition coefficient (Wildman–Crippen LogP) is 0.801. The molecule has 2 amide bonds. The summed E-state index contributed by atoms with van der Waals surface area (Å²) in [6.07, 6.45) is -0.987. The number of hydrogen-bond donors (Lipinski definition) is 1. The summed E-state index contributed by atoms with van der Waals surface area (Å²) in [5.74, 6) is -0.441. The average molecular weight is 469 g/mol. The monoisotopic (exact) mass is 468 g/mol. The number of rotatable bonds is 6. The van der Waals surface area contributed by atoms with Gasteiger partial charge in [-0.2, -0.15) is 17.0 Å². The number of hydrogen-bond acceptors (Lipinski definition) is 7. The molecule has 2 aliphatic heterocycles. The van der Waals surface area contributed by atoms with Gasteiger partial charge in [-0.25, -0.2) is 4.79 Å². The van der Waals surface area contributed by atoms with Crippen LogP contribution in [0.2, 0.25) is 0 Å². The second-order valence-electron chi connectivity index (χ2n) is 8.81. The molecule has 1 N–H and O–H groups in total. The van der Waals surface area contributed by atoms with Crippen LogP contribution in [0.3, 0.4) is 0 Å². The lowest BCUT2D eigenvalue weighted by molar-refractivity contribution is -0.124. The molecule has 3 rings (SSSR count). The van der Waals surface area contributed by atoms with Gasteiger partial charge in [0.1, 0.15) is 11.6 Å². The van der Waals surface area contributed by atoms with Crippen molar-refractivity contribution in [2.45, 2.75) is 39.0 Å². The molecule has 0 aliphatic carbocycles. The maximum atomic E-state index is 13.2. The number of ether oxygens (including phenoxy) is 2. The zero-order valence-electron chi connectivity index (χ0n) is 18.8. The molecule has 2 fully saturated rings. The van der Waals surface area contributed by atoms with Gasteiger partial charge in [-0.15, -0.1) is 0 Å². The molecule has 11 heteroatoms. The van der Waals surface area contributed by atoms with E-state index in [4.69, 9.17) is 9.47 Å². The average Bonchev–Trinajstić information content (AvgIpc) is 2.99. The highest BCUT2D eigenvalue weighted by Crippen LogP contribution is 2.27. The summed E-state index contributed by atoms with van der Waals surface area (Å²) in [6.45, 7) is 8.57. The van der Waals surface area contributed by atoms with Gasteiger partial charge in [-0.05, 0) is 26.3 Å². The van der Waals surface area contributed by atoms with Gasteiger partial charge in [0.15, 0.2) is 0 Å². The standard InChI is InChI=1S/C21H32N4O6S/c1-21(2,3)31-20(27)25-16-18(19(26)22-9-10-23-11-13-30-14-12-23)24(32(25,28)29)15-17-7-5-4-6-8-17/h4-8,18H,9-16H2,1-3H3,(H,22,26). The quantitative estimate of drug-likeness (QED) is 0.658. The van der Waals surface area contributed by atoms with Crippen LogP contribution < -0.4 is 5.32 Å². The molecule has 1 aromatic carbocycles. The summed E-state index contributed by atoms with van der Waals surface area (Å²) < 4.78 is 38.7. The molecule has 0 radical (unpaired) electrons. The molecule has 178 valence electrons. The largest absolute Gasteiger partial charge is 0.443 e. The van der Waals surface area contributed by atoms with Crippen LogP contribution in [0.5, 0.6) is 0 Å². The molecule has 2 heterocycles. The van der Waals surface area contributed by atoms with Crippen LogP contribution in [0.25, 0.3) is 0 Å². The minimum absolute atomic E-state index is 0.0238. The molecule has 1 aromatic rings. The number of carbonyl (C=O) groups excluding carboxylic acids is 2. The van der Waals surface area contributed by atoms with Crippen LogP contribution in [0.1, 0.15) is 26.3 Å². The van der Waals surface area contributed by atoms with Crippen LogP contribution in [-0.2, 0) is 31.0 Å². The van der Waals surface area contributed by atoms with Gasteiger partial charge >= 0.3 is 16.3 Å². The first-order valence-electron chi connectivity index (χ1n) is 10.7. The van der Waals surface area contributed by atoms with Gasteiger partial charge in [0.2, 0.25) is 5.91 Å². The Morgan fingerprint density at radius 1 is 1.16 bits per heavy atom. The summed E-state index contributed by atoms with van der Waals surface area (Å²) in [5, 5.41) is 2.83. The highest BCUT2D eigenvalue weighted by atomic mass is 32.2. The third-order valence-electron chi connectivity index (χ3n) is 5.17. The fraction of sp³-hybridized carbons (Fsp3) is 0.619. The third kappa shape index (κ3) is 6.18. The Hall–Kier alpha value is -2.21. The molecule has 32 heavy (non-hydrogen) atoms. The van der Waals surface area contributed by atoms with Gasteiger partial charge in [0.05, 0.1) is 19.8 Å². The summed E-state index contributed by atoms with van der Waals surface area (Å²) in [5.41, 5.74) is -0.150. The van der Waals surface area contributed by atoms with Gasteiger partial charge < -0.3 is 14.8 Å². The number of nitrogens with zero attached hydrogens (tertiary/aromatic N) is 3. The molecule has 0 spiro atoms. The Balaban J connectivity index is 1.74. The van der Waals surface area contributed by atoms with E-state index in [-0.39, 0.29) is 13.1 Å². The van der Waals surface area contributed by atoms with Crippen molar-refractivity contribution >= 4 is 22.2 Å². The molecule has 0 bridgehead atoms. The lowest BCUT2D eigenvalue weighted by Crippen LogP contribution is -2.48. The molecule has 2 aliphatic rings. The molecular formula is C21H32N4O6S. The number of morpholine rings is 1. The Morgan fingerprint density at radius 3 is 2.44 bits per heavy atom. The normalized spacial score (nSPS) is 22.0. The smallest absolute Gasteiger partial charge is 0.425 e. The lowest BCUT2D eigenvalue weighted by atomic mass is 10.2. The number of amides is 2. The SMILES string of the molecule is CC(C)(C)OC(=O)N1CC(C(=O)NCCN2CCOCC2)N(Cc2ccccc2)S1(=O)=O. The van der Waals surface area contributed by atoms with Crippen LogP contribution in [-0.4, -0.2) is 91.5 Å². The van der Waals surface area contributed by atoms with Crippen molar-refractivity contribution < 1.29 is 27.5 Å². The van der Waals surface area contributed by atoms with Gasteiger partial charge in [0.25, 0.3) is 0 Å². The van der Waals surface area contributed by atoms with Gasteiger partial charge in [0, 0.05) is 32.7 Å². The maximum absolute atomic E-state index is 13.2. The Labute approximate surface area is 189 Å². The highest BCUT2D eigenvalue weighted by molar-refractivity contribution is 7.87. The molecule has 2 saturated heterocycles. The van der Waals surface area contributed by atoms with Crippen molar-refractivity contribution in [2.24, 2.45) is 0 Å². The minimum Gasteiger partial charge on any atom is -0.443 e. The molecular weight excluding hydrogens is 436 g/mol. The second-order valence-corrected chi connectivity index (χ2v) is 10.6. The Morgan fingerprint density at radius 2 is 1.81 bits per heavy atom. The van der Waals surface area contributed by atoms with Crippen molar-refractivity contribution in [1.29, 1.82) is 0 Å². The highest BCUT2D eigenvalue weighted by Gasteiger charge is 2.50. The fourth-order valence-electron chi connectivity index (χ4n) is 3.56. The van der Waals surface area contributed by atoms with Crippen molar-refractivity contribution in [1.82, 2.24) is 18.8 Å². The first kappa shape index (κ1) is 24.4. The minimum atomic E-state index is -4.23. The first-order chi connectivity index (χ1) is 15.1. The summed E-state index contributed by atoms with van der Waals surface area (Å²) in [6, 6.07) is 7.92. The first-order valence-corrected chi connectivity index (χ1v) is 12.1. The van der Waals surface area contributed by atoms with Crippen LogP contribution in [0.15, 0.2) is 30.3 Å². The van der Waals surface area contributed by atoms with E-state index in [2.05, 4.69) is 10.2 Å². The van der Waals surface area contributed by atoms with Gasteiger partial charge in [-0.1, -0.05) is 30.3 Å². The zero-order valence-corrected chi connectivity index (χ0v) is 19.6. The van der Waals surface area contributed by atoms with Crippen LogP contribution in [0.4, 0.5) is 4.79 Å². The van der Waals surface area contributed by atoms with E-state index in [0.717, 1.165) is 17.4 Å². The Kier molecular flexibility index (Phi) is 7.75. The molecule has 0 saturated carbocycles. The topological polar surface area (TPSA) is 108 Å².